The van der Waals surface area contributed by atoms with E-state index in [0.717, 1.165) is 5.56 Å². The fourth-order valence-electron chi connectivity index (χ4n) is 1.38. The maximum absolute atomic E-state index is 11.6. The Morgan fingerprint density at radius 1 is 1.37 bits per heavy atom. The van der Waals surface area contributed by atoms with Gasteiger partial charge in [-0.2, -0.15) is 0 Å². The van der Waals surface area contributed by atoms with E-state index in [2.05, 4.69) is 0 Å². The second kappa shape index (κ2) is 7.78. The van der Waals surface area contributed by atoms with Gasteiger partial charge in [-0.15, -0.1) is 11.8 Å². The van der Waals surface area contributed by atoms with Gasteiger partial charge in [0.2, 0.25) is 0 Å². The molecule has 104 valence electrons. The number of thioether (sulfide) groups is 1. The number of carbonyl (C=O) groups is 2. The Bertz CT molecular complexity index is 477. The van der Waals surface area contributed by atoms with Crippen molar-refractivity contribution in [2.24, 2.45) is 0 Å². The molecule has 0 heterocycles. The van der Waals surface area contributed by atoms with Gasteiger partial charge in [-0.25, -0.2) is 0 Å². The summed E-state index contributed by atoms with van der Waals surface area (Å²) in [7, 11) is 0. The lowest BCUT2D eigenvalue weighted by Gasteiger charge is -2.12. The summed E-state index contributed by atoms with van der Waals surface area (Å²) in [6.07, 6.45) is 0. The van der Waals surface area contributed by atoms with E-state index in [0.29, 0.717) is 15.8 Å². The second-order valence-electron chi connectivity index (χ2n) is 3.79. The van der Waals surface area contributed by atoms with Gasteiger partial charge in [0.25, 0.3) is 0 Å². The molecule has 0 radical (unpaired) electrons. The number of halogens is 2. The van der Waals surface area contributed by atoms with Crippen LogP contribution in [0.15, 0.2) is 18.2 Å². The van der Waals surface area contributed by atoms with Crippen LogP contribution in [-0.4, -0.2) is 23.6 Å². The fourth-order valence-corrected chi connectivity index (χ4v) is 2.97. The lowest BCUT2D eigenvalue weighted by Crippen LogP contribution is -2.27. The van der Waals surface area contributed by atoms with Crippen LogP contribution in [0, 0.1) is 0 Å². The van der Waals surface area contributed by atoms with Crippen LogP contribution < -0.4 is 0 Å². The van der Waals surface area contributed by atoms with E-state index in [1.807, 2.05) is 0 Å². The van der Waals surface area contributed by atoms with E-state index >= 15 is 0 Å². The normalized spacial score (nSPS) is 12.0. The van der Waals surface area contributed by atoms with Crippen molar-refractivity contribution in [3.8, 4) is 0 Å². The van der Waals surface area contributed by atoms with E-state index in [1.54, 1.807) is 25.1 Å². The molecule has 1 atom stereocenters. The highest BCUT2D eigenvalue weighted by Crippen LogP contribution is 2.27. The molecule has 1 aromatic rings. The van der Waals surface area contributed by atoms with Crippen molar-refractivity contribution in [3.63, 3.8) is 0 Å². The van der Waals surface area contributed by atoms with Gasteiger partial charge < -0.3 is 4.74 Å². The molecular formula is C13H14Cl2O3S. The average Bonchev–Trinajstić information content (AvgIpc) is 2.31. The summed E-state index contributed by atoms with van der Waals surface area (Å²) in [6, 6.07) is 5.13. The van der Waals surface area contributed by atoms with Gasteiger partial charge in [0, 0.05) is 15.8 Å². The number of hydrogen-bond donors (Lipinski definition) is 0. The van der Waals surface area contributed by atoms with Crippen molar-refractivity contribution in [1.82, 2.24) is 0 Å². The molecule has 0 spiro atoms. The zero-order chi connectivity index (χ0) is 14.4. The maximum atomic E-state index is 11.6. The molecule has 19 heavy (non-hydrogen) atoms. The number of benzene rings is 1. The molecule has 1 unspecified atom stereocenters. The predicted molar refractivity (Wildman–Crippen MR) is 78.9 cm³/mol. The number of ketones is 1. The number of esters is 1. The van der Waals surface area contributed by atoms with Gasteiger partial charge in [0.15, 0.2) is 11.0 Å². The predicted octanol–water partition coefficient (Wildman–Crippen LogP) is 3.75. The van der Waals surface area contributed by atoms with Gasteiger partial charge in [-0.05, 0) is 31.5 Å². The van der Waals surface area contributed by atoms with E-state index in [1.165, 1.54) is 18.7 Å². The SMILES string of the molecule is CCOC(=O)C(SCc1ccc(Cl)cc1Cl)C(C)=O. The standard InChI is InChI=1S/C13H14Cl2O3S/c1-3-18-13(17)12(8(2)16)19-7-9-4-5-10(14)6-11(9)15/h4-6,12H,3,7H2,1-2H3. The minimum atomic E-state index is -0.813. The minimum absolute atomic E-state index is 0.228. The zero-order valence-corrected chi connectivity index (χ0v) is 12.9. The van der Waals surface area contributed by atoms with Crippen LogP contribution in [0.4, 0.5) is 0 Å². The van der Waals surface area contributed by atoms with Gasteiger partial charge >= 0.3 is 5.97 Å². The molecule has 6 heteroatoms. The van der Waals surface area contributed by atoms with Crippen LogP contribution in [0.5, 0.6) is 0 Å². The number of Topliss-reactive ketones (excluding diaryl/α,β-unsaturated/α-hetero) is 1. The summed E-state index contributed by atoms with van der Waals surface area (Å²) in [5.41, 5.74) is 0.826. The Kier molecular flexibility index (Phi) is 6.69. The first-order chi connectivity index (χ1) is 8.95. The summed E-state index contributed by atoms with van der Waals surface area (Å²) in [5.74, 6) is -0.294. The van der Waals surface area contributed by atoms with E-state index in [9.17, 15) is 9.59 Å². The van der Waals surface area contributed by atoms with Crippen LogP contribution >= 0.6 is 35.0 Å². The van der Waals surface area contributed by atoms with Crippen molar-refractivity contribution in [2.45, 2.75) is 24.9 Å². The smallest absolute Gasteiger partial charge is 0.326 e. The van der Waals surface area contributed by atoms with Gasteiger partial charge in [0.05, 0.1) is 6.61 Å². The first-order valence-electron chi connectivity index (χ1n) is 5.68. The summed E-state index contributed by atoms with van der Waals surface area (Å²) in [4.78, 5) is 23.1. The number of carbonyl (C=O) groups excluding carboxylic acids is 2. The first kappa shape index (κ1) is 16.3. The molecular weight excluding hydrogens is 307 g/mol. The fraction of sp³-hybridized carbons (Fsp3) is 0.385. The second-order valence-corrected chi connectivity index (χ2v) is 5.73. The topological polar surface area (TPSA) is 43.4 Å². The molecule has 1 aromatic carbocycles. The average molecular weight is 321 g/mol. The van der Waals surface area contributed by atoms with Crippen molar-refractivity contribution in [2.75, 3.05) is 6.61 Å². The van der Waals surface area contributed by atoms with Crippen LogP contribution in [-0.2, 0) is 20.1 Å². The molecule has 3 nitrogen and oxygen atoms in total. The highest BCUT2D eigenvalue weighted by atomic mass is 35.5. The largest absolute Gasteiger partial charge is 0.465 e. The number of rotatable bonds is 6. The van der Waals surface area contributed by atoms with Crippen molar-refractivity contribution in [3.05, 3.63) is 33.8 Å². The summed E-state index contributed by atoms with van der Waals surface area (Å²) < 4.78 is 4.87. The first-order valence-corrected chi connectivity index (χ1v) is 7.48. The van der Waals surface area contributed by atoms with Gasteiger partial charge in [-0.3, -0.25) is 9.59 Å². The molecule has 0 aliphatic rings. The molecule has 0 N–H and O–H groups in total. The Hall–Kier alpha value is -0.710. The van der Waals surface area contributed by atoms with Crippen LogP contribution in [0.2, 0.25) is 10.0 Å². The van der Waals surface area contributed by atoms with Crippen molar-refractivity contribution in [1.29, 1.82) is 0 Å². The summed E-state index contributed by atoms with van der Waals surface area (Å²) >= 11 is 13.0. The molecule has 0 amide bonds. The molecule has 0 saturated heterocycles. The highest BCUT2D eigenvalue weighted by Gasteiger charge is 2.25. The third kappa shape index (κ3) is 5.05. The highest BCUT2D eigenvalue weighted by molar-refractivity contribution is 8.00. The van der Waals surface area contributed by atoms with Crippen LogP contribution in [0.3, 0.4) is 0 Å². The Balaban J connectivity index is 2.71. The molecule has 0 saturated carbocycles. The third-order valence-corrected chi connectivity index (χ3v) is 4.21. The van der Waals surface area contributed by atoms with Gasteiger partial charge in [0.1, 0.15) is 0 Å². The van der Waals surface area contributed by atoms with E-state index in [4.69, 9.17) is 27.9 Å². The molecule has 0 aliphatic heterocycles. The molecule has 0 aliphatic carbocycles. The molecule has 1 rings (SSSR count). The minimum Gasteiger partial charge on any atom is -0.465 e. The van der Waals surface area contributed by atoms with E-state index < -0.39 is 11.2 Å². The molecule has 0 bridgehead atoms. The van der Waals surface area contributed by atoms with E-state index in [-0.39, 0.29) is 12.4 Å². The van der Waals surface area contributed by atoms with Crippen molar-refractivity contribution < 1.29 is 14.3 Å². The maximum Gasteiger partial charge on any atom is 0.326 e. The number of ether oxygens (including phenoxy) is 1. The van der Waals surface area contributed by atoms with Crippen LogP contribution in [0.25, 0.3) is 0 Å². The molecule has 0 fully saturated rings. The Labute approximate surface area is 126 Å². The quantitative estimate of drug-likeness (QED) is 0.591. The lowest BCUT2D eigenvalue weighted by atomic mass is 10.2. The Morgan fingerprint density at radius 2 is 2.05 bits per heavy atom. The summed E-state index contributed by atoms with van der Waals surface area (Å²) in [5, 5.41) is 0.255. The summed E-state index contributed by atoms with van der Waals surface area (Å²) in [6.45, 7) is 3.33. The lowest BCUT2D eigenvalue weighted by molar-refractivity contribution is -0.144. The zero-order valence-electron chi connectivity index (χ0n) is 10.6. The monoisotopic (exact) mass is 320 g/mol. The van der Waals surface area contributed by atoms with Crippen LogP contribution in [0.1, 0.15) is 19.4 Å². The van der Waals surface area contributed by atoms with Gasteiger partial charge in [-0.1, -0.05) is 29.3 Å². The molecule has 0 aromatic heterocycles. The Morgan fingerprint density at radius 3 is 2.58 bits per heavy atom. The number of hydrogen-bond acceptors (Lipinski definition) is 4. The third-order valence-electron chi connectivity index (χ3n) is 2.29. The van der Waals surface area contributed by atoms with Crippen molar-refractivity contribution >= 4 is 46.7 Å².